The van der Waals surface area contributed by atoms with Crippen molar-refractivity contribution in [2.75, 3.05) is 12.3 Å². The van der Waals surface area contributed by atoms with E-state index in [9.17, 15) is 4.79 Å². The number of carbonyl (C=O) groups excluding carboxylic acids is 1. The van der Waals surface area contributed by atoms with Crippen LogP contribution in [0.5, 0.6) is 0 Å². The van der Waals surface area contributed by atoms with E-state index in [2.05, 4.69) is 16.9 Å². The SMILES string of the molecule is C[C@@H]1CCN(C(=O)c2nccnc2N)[C@H](c2ccco2)C1. The highest BCUT2D eigenvalue weighted by Gasteiger charge is 2.34. The minimum Gasteiger partial charge on any atom is -0.467 e. The topological polar surface area (TPSA) is 85.2 Å². The third-order valence-electron chi connectivity index (χ3n) is 3.93. The molecule has 0 unspecified atom stereocenters. The first-order chi connectivity index (χ1) is 10.2. The number of nitrogen functional groups attached to an aromatic ring is 1. The Morgan fingerprint density at radius 1 is 1.43 bits per heavy atom. The maximum absolute atomic E-state index is 12.7. The van der Waals surface area contributed by atoms with E-state index in [-0.39, 0.29) is 23.5 Å². The predicted octanol–water partition coefficient (Wildman–Crippen LogP) is 2.27. The molecule has 6 nitrogen and oxygen atoms in total. The maximum Gasteiger partial charge on any atom is 0.276 e. The molecular formula is C15H18N4O2. The van der Waals surface area contributed by atoms with Crippen molar-refractivity contribution in [2.24, 2.45) is 5.92 Å². The van der Waals surface area contributed by atoms with Crippen LogP contribution in [0.1, 0.15) is 42.1 Å². The van der Waals surface area contributed by atoms with Gasteiger partial charge >= 0.3 is 0 Å². The number of likely N-dealkylation sites (tertiary alicyclic amines) is 1. The van der Waals surface area contributed by atoms with E-state index in [1.807, 2.05) is 12.1 Å². The van der Waals surface area contributed by atoms with Gasteiger partial charge < -0.3 is 15.1 Å². The zero-order valence-corrected chi connectivity index (χ0v) is 11.9. The van der Waals surface area contributed by atoms with Crippen LogP contribution in [0.4, 0.5) is 5.82 Å². The molecule has 3 rings (SSSR count). The lowest BCUT2D eigenvalue weighted by Gasteiger charge is -2.37. The molecule has 0 bridgehead atoms. The van der Waals surface area contributed by atoms with Gasteiger partial charge in [-0.25, -0.2) is 9.97 Å². The lowest BCUT2D eigenvalue weighted by Crippen LogP contribution is -2.41. The van der Waals surface area contributed by atoms with Crippen LogP contribution in [0.25, 0.3) is 0 Å². The molecule has 1 aliphatic heterocycles. The van der Waals surface area contributed by atoms with Gasteiger partial charge in [0.25, 0.3) is 5.91 Å². The summed E-state index contributed by atoms with van der Waals surface area (Å²) in [6.45, 7) is 2.86. The van der Waals surface area contributed by atoms with Gasteiger partial charge in [-0.05, 0) is 30.9 Å². The number of nitrogens with two attached hydrogens (primary N) is 1. The highest BCUT2D eigenvalue weighted by molar-refractivity contribution is 5.96. The Hall–Kier alpha value is -2.37. The number of nitrogens with zero attached hydrogens (tertiary/aromatic N) is 3. The fraction of sp³-hybridized carbons (Fsp3) is 0.400. The van der Waals surface area contributed by atoms with Crippen molar-refractivity contribution in [3.8, 4) is 0 Å². The molecule has 2 aromatic heterocycles. The number of piperidine rings is 1. The Morgan fingerprint density at radius 2 is 2.24 bits per heavy atom. The summed E-state index contributed by atoms with van der Waals surface area (Å²) in [5.41, 5.74) is 5.99. The Balaban J connectivity index is 1.91. The Kier molecular flexibility index (Phi) is 3.60. The van der Waals surface area contributed by atoms with Crippen LogP contribution in [0.2, 0.25) is 0 Å². The molecule has 0 radical (unpaired) electrons. The van der Waals surface area contributed by atoms with E-state index in [4.69, 9.17) is 10.2 Å². The third-order valence-corrected chi connectivity index (χ3v) is 3.93. The Morgan fingerprint density at radius 3 is 2.95 bits per heavy atom. The van der Waals surface area contributed by atoms with Crippen LogP contribution < -0.4 is 5.73 Å². The number of amides is 1. The first-order valence-electron chi connectivity index (χ1n) is 7.07. The molecule has 1 amide bonds. The van der Waals surface area contributed by atoms with Crippen molar-refractivity contribution in [1.29, 1.82) is 0 Å². The number of hydrogen-bond acceptors (Lipinski definition) is 5. The van der Waals surface area contributed by atoms with Gasteiger partial charge in [0.15, 0.2) is 11.5 Å². The van der Waals surface area contributed by atoms with E-state index >= 15 is 0 Å². The molecule has 3 heterocycles. The van der Waals surface area contributed by atoms with Crippen LogP contribution in [-0.4, -0.2) is 27.3 Å². The van der Waals surface area contributed by atoms with Crippen LogP contribution in [0.15, 0.2) is 35.2 Å². The number of hydrogen-bond donors (Lipinski definition) is 1. The summed E-state index contributed by atoms with van der Waals surface area (Å²) in [6.07, 6.45) is 6.43. The Labute approximate surface area is 123 Å². The van der Waals surface area contributed by atoms with Crippen molar-refractivity contribution < 1.29 is 9.21 Å². The average Bonchev–Trinajstić information content (AvgIpc) is 3.01. The van der Waals surface area contributed by atoms with Crippen molar-refractivity contribution in [1.82, 2.24) is 14.9 Å². The van der Waals surface area contributed by atoms with Gasteiger partial charge in [-0.15, -0.1) is 0 Å². The summed E-state index contributed by atoms with van der Waals surface area (Å²) in [4.78, 5) is 22.5. The van der Waals surface area contributed by atoms with Crippen molar-refractivity contribution in [3.63, 3.8) is 0 Å². The van der Waals surface area contributed by atoms with Crippen LogP contribution in [-0.2, 0) is 0 Å². The number of furan rings is 1. The fourth-order valence-corrected chi connectivity index (χ4v) is 2.78. The fourth-order valence-electron chi connectivity index (χ4n) is 2.78. The highest BCUT2D eigenvalue weighted by atomic mass is 16.3. The molecule has 2 N–H and O–H groups in total. The van der Waals surface area contributed by atoms with Crippen molar-refractivity contribution in [3.05, 3.63) is 42.2 Å². The molecular weight excluding hydrogens is 268 g/mol. The van der Waals surface area contributed by atoms with E-state index in [1.54, 1.807) is 11.2 Å². The minimum atomic E-state index is -0.186. The zero-order chi connectivity index (χ0) is 14.8. The smallest absolute Gasteiger partial charge is 0.276 e. The second-order valence-corrected chi connectivity index (χ2v) is 5.45. The molecule has 1 fully saturated rings. The first kappa shape index (κ1) is 13.6. The highest BCUT2D eigenvalue weighted by Crippen LogP contribution is 2.35. The number of rotatable bonds is 2. The Bertz CT molecular complexity index is 626. The maximum atomic E-state index is 12.7. The quantitative estimate of drug-likeness (QED) is 0.915. The third kappa shape index (κ3) is 2.61. The average molecular weight is 286 g/mol. The molecule has 0 aromatic carbocycles. The lowest BCUT2D eigenvalue weighted by atomic mass is 9.91. The summed E-state index contributed by atoms with van der Waals surface area (Å²) in [5.74, 6) is 1.33. The first-order valence-corrected chi connectivity index (χ1v) is 7.07. The van der Waals surface area contributed by atoms with Gasteiger partial charge in [-0.3, -0.25) is 4.79 Å². The van der Waals surface area contributed by atoms with Gasteiger partial charge in [-0.1, -0.05) is 6.92 Å². The number of carbonyl (C=O) groups is 1. The van der Waals surface area contributed by atoms with Gasteiger partial charge in [0, 0.05) is 18.9 Å². The molecule has 0 aliphatic carbocycles. The second kappa shape index (κ2) is 5.55. The second-order valence-electron chi connectivity index (χ2n) is 5.45. The van der Waals surface area contributed by atoms with Gasteiger partial charge in [0.05, 0.1) is 12.3 Å². The van der Waals surface area contributed by atoms with Crippen LogP contribution in [0.3, 0.4) is 0 Å². The predicted molar refractivity (Wildman–Crippen MR) is 77.3 cm³/mol. The summed E-state index contributed by atoms with van der Waals surface area (Å²) in [7, 11) is 0. The normalized spacial score (nSPS) is 22.2. The summed E-state index contributed by atoms with van der Waals surface area (Å²) in [6, 6.07) is 3.68. The molecule has 2 atom stereocenters. The molecule has 1 saturated heterocycles. The summed E-state index contributed by atoms with van der Waals surface area (Å²) in [5, 5.41) is 0. The van der Waals surface area contributed by atoms with Gasteiger partial charge in [0.1, 0.15) is 5.76 Å². The molecule has 110 valence electrons. The van der Waals surface area contributed by atoms with E-state index < -0.39 is 0 Å². The molecule has 0 spiro atoms. The molecule has 0 saturated carbocycles. The molecule has 6 heteroatoms. The van der Waals surface area contributed by atoms with Gasteiger partial charge in [0.2, 0.25) is 0 Å². The van der Waals surface area contributed by atoms with E-state index in [0.29, 0.717) is 12.5 Å². The number of aromatic nitrogens is 2. The standard InChI is InChI=1S/C15H18N4O2/c1-10-4-7-19(11(9-10)12-3-2-8-21-12)15(20)13-14(16)18-6-5-17-13/h2-3,5-6,8,10-11H,4,7,9H2,1H3,(H2,16,18)/t10-,11+/m1/s1. The van der Waals surface area contributed by atoms with Crippen LogP contribution >= 0.6 is 0 Å². The van der Waals surface area contributed by atoms with E-state index in [0.717, 1.165) is 18.6 Å². The van der Waals surface area contributed by atoms with Crippen LogP contribution in [0, 0.1) is 5.92 Å². The minimum absolute atomic E-state index is 0.0716. The zero-order valence-electron chi connectivity index (χ0n) is 11.9. The number of anilines is 1. The van der Waals surface area contributed by atoms with Crippen molar-refractivity contribution >= 4 is 11.7 Å². The van der Waals surface area contributed by atoms with E-state index in [1.165, 1.54) is 12.4 Å². The van der Waals surface area contributed by atoms with Crippen molar-refractivity contribution in [2.45, 2.75) is 25.8 Å². The summed E-state index contributed by atoms with van der Waals surface area (Å²) >= 11 is 0. The molecule has 2 aromatic rings. The lowest BCUT2D eigenvalue weighted by molar-refractivity contribution is 0.0516. The summed E-state index contributed by atoms with van der Waals surface area (Å²) < 4.78 is 5.51. The molecule has 1 aliphatic rings. The molecule has 21 heavy (non-hydrogen) atoms. The van der Waals surface area contributed by atoms with Gasteiger partial charge in [-0.2, -0.15) is 0 Å². The largest absolute Gasteiger partial charge is 0.467 e. The monoisotopic (exact) mass is 286 g/mol.